The molecule has 1 saturated heterocycles. The van der Waals surface area contributed by atoms with Gasteiger partial charge >= 0.3 is 0 Å². The molecule has 0 N–H and O–H groups in total. The molecule has 8 nitrogen and oxygen atoms in total. The third-order valence-electron chi connectivity index (χ3n) is 7.27. The number of rotatable bonds is 5. The molecule has 0 spiro atoms. The quantitative estimate of drug-likeness (QED) is 0.260. The second-order valence-electron chi connectivity index (χ2n) is 9.90. The first kappa shape index (κ1) is 27.4. The van der Waals surface area contributed by atoms with Crippen LogP contribution in [-0.4, -0.2) is 56.2 Å². The number of benzene rings is 2. The van der Waals surface area contributed by atoms with Gasteiger partial charge in [-0.1, -0.05) is 35.3 Å². The van der Waals surface area contributed by atoms with Crippen molar-refractivity contribution < 1.29 is 9.18 Å². The summed E-state index contributed by atoms with van der Waals surface area (Å²) in [4.78, 5) is 36.0. The van der Waals surface area contributed by atoms with Gasteiger partial charge in [0.1, 0.15) is 11.5 Å². The maximum Gasteiger partial charge on any atom is 0.268 e. The fourth-order valence-corrected chi connectivity index (χ4v) is 6.39. The summed E-state index contributed by atoms with van der Waals surface area (Å²) >= 11 is 13.6. The number of carbonyl (C=O) groups is 1. The topological polar surface area (TPSA) is 75.7 Å². The van der Waals surface area contributed by atoms with Crippen molar-refractivity contribution in [3.8, 4) is 16.9 Å². The molecule has 0 unspecified atom stereocenters. The molecular formula is C29H25Cl2FN6O2S. The van der Waals surface area contributed by atoms with E-state index in [1.165, 1.54) is 21.8 Å². The standard InChI is InChI=1S/C29H25Cl2FN6O2S/c1-17-13-24(34-38(17)19-7-8-21(30)22(31)14-19)27-18(2)33-29-37(28(27)40)20(16-41-29)15-26(39)36-11-9-35(10-12-36)25-6-4-3-5-23(25)32/h3-8,13-14,16H,9-12,15H2,1-2H3. The molecule has 0 radical (unpaired) electrons. The molecule has 1 amide bonds. The van der Waals surface area contributed by atoms with E-state index in [4.69, 9.17) is 28.3 Å². The van der Waals surface area contributed by atoms with E-state index in [0.717, 1.165) is 5.69 Å². The SMILES string of the molecule is Cc1nc2scc(CC(=O)N3CCN(c4ccccc4F)CC3)n2c(=O)c1-c1cc(C)n(-c2ccc(Cl)c(Cl)c2)n1. The van der Waals surface area contributed by atoms with Gasteiger partial charge in [-0.05, 0) is 50.2 Å². The smallest absolute Gasteiger partial charge is 0.268 e. The van der Waals surface area contributed by atoms with E-state index in [2.05, 4.69) is 4.98 Å². The Balaban J connectivity index is 1.26. The van der Waals surface area contributed by atoms with E-state index in [1.54, 1.807) is 58.3 Å². The number of hydrogen-bond acceptors (Lipinski definition) is 6. The van der Waals surface area contributed by atoms with Gasteiger partial charge in [-0.3, -0.25) is 14.0 Å². The van der Waals surface area contributed by atoms with Crippen LogP contribution < -0.4 is 10.5 Å². The minimum Gasteiger partial charge on any atom is -0.366 e. The molecule has 210 valence electrons. The Hall–Kier alpha value is -3.73. The summed E-state index contributed by atoms with van der Waals surface area (Å²) in [6.07, 6.45) is 0.0561. The third-order valence-corrected chi connectivity index (χ3v) is 8.88. The predicted molar refractivity (Wildman–Crippen MR) is 160 cm³/mol. The summed E-state index contributed by atoms with van der Waals surface area (Å²) in [5.41, 5.74) is 3.76. The molecule has 0 aliphatic carbocycles. The summed E-state index contributed by atoms with van der Waals surface area (Å²) < 4.78 is 17.4. The average Bonchev–Trinajstić information content (AvgIpc) is 3.53. The number of carbonyl (C=O) groups excluding carboxylic acids is 1. The van der Waals surface area contributed by atoms with Gasteiger partial charge in [-0.2, -0.15) is 5.10 Å². The van der Waals surface area contributed by atoms with Crippen molar-refractivity contribution in [3.63, 3.8) is 0 Å². The summed E-state index contributed by atoms with van der Waals surface area (Å²) in [6, 6.07) is 13.7. The van der Waals surface area contributed by atoms with E-state index >= 15 is 0 Å². The first-order valence-corrected chi connectivity index (χ1v) is 14.6. The fraction of sp³-hybridized carbons (Fsp3) is 0.241. The lowest BCUT2D eigenvalue weighted by atomic mass is 10.1. The van der Waals surface area contributed by atoms with Gasteiger partial charge in [-0.15, -0.1) is 11.3 Å². The van der Waals surface area contributed by atoms with E-state index < -0.39 is 0 Å². The highest BCUT2D eigenvalue weighted by molar-refractivity contribution is 7.15. The molecule has 12 heteroatoms. The molecule has 5 aromatic rings. The number of halogens is 3. The van der Waals surface area contributed by atoms with Crippen molar-refractivity contribution in [1.29, 1.82) is 0 Å². The van der Waals surface area contributed by atoms with Gasteiger partial charge in [0.15, 0.2) is 4.96 Å². The van der Waals surface area contributed by atoms with Gasteiger partial charge in [-0.25, -0.2) is 14.1 Å². The highest BCUT2D eigenvalue weighted by atomic mass is 35.5. The van der Waals surface area contributed by atoms with Gasteiger partial charge in [0, 0.05) is 42.9 Å². The maximum atomic E-state index is 14.2. The predicted octanol–water partition coefficient (Wildman–Crippen LogP) is 5.56. The van der Waals surface area contributed by atoms with Gasteiger partial charge in [0.25, 0.3) is 5.56 Å². The number of hydrogen-bond donors (Lipinski definition) is 0. The highest BCUT2D eigenvalue weighted by Crippen LogP contribution is 2.28. The molecule has 41 heavy (non-hydrogen) atoms. The number of aromatic nitrogens is 4. The Kier molecular flexibility index (Phi) is 7.31. The van der Waals surface area contributed by atoms with Gasteiger partial charge < -0.3 is 9.80 Å². The lowest BCUT2D eigenvalue weighted by Crippen LogP contribution is -2.49. The number of nitrogens with zero attached hydrogens (tertiary/aromatic N) is 6. The van der Waals surface area contributed by atoms with Crippen molar-refractivity contribution in [2.24, 2.45) is 0 Å². The Labute approximate surface area is 249 Å². The number of para-hydroxylation sites is 1. The van der Waals surface area contributed by atoms with Crippen LogP contribution >= 0.6 is 34.5 Å². The number of thiazole rings is 1. The van der Waals surface area contributed by atoms with E-state index in [-0.39, 0.29) is 23.7 Å². The number of aryl methyl sites for hydroxylation is 2. The molecule has 3 aromatic heterocycles. The number of fused-ring (bicyclic) bond motifs is 1. The third kappa shape index (κ3) is 5.11. The Morgan fingerprint density at radius 2 is 1.78 bits per heavy atom. The lowest BCUT2D eigenvalue weighted by molar-refractivity contribution is -0.130. The molecule has 0 bridgehead atoms. The number of piperazine rings is 1. The van der Waals surface area contributed by atoms with E-state index in [9.17, 15) is 14.0 Å². The molecule has 1 aliphatic heterocycles. The van der Waals surface area contributed by atoms with E-state index in [1.807, 2.05) is 17.9 Å². The zero-order valence-corrected chi connectivity index (χ0v) is 24.6. The Bertz CT molecular complexity index is 1860. The van der Waals surface area contributed by atoms with Crippen molar-refractivity contribution >= 4 is 51.1 Å². The zero-order valence-electron chi connectivity index (χ0n) is 22.3. The van der Waals surface area contributed by atoms with Crippen LogP contribution in [0.5, 0.6) is 0 Å². The Morgan fingerprint density at radius 3 is 2.51 bits per heavy atom. The van der Waals surface area contributed by atoms with Crippen LogP contribution in [0, 0.1) is 19.7 Å². The highest BCUT2D eigenvalue weighted by Gasteiger charge is 2.25. The second-order valence-corrected chi connectivity index (χ2v) is 11.6. The lowest BCUT2D eigenvalue weighted by Gasteiger charge is -2.36. The van der Waals surface area contributed by atoms with Crippen LogP contribution in [0.1, 0.15) is 17.1 Å². The van der Waals surface area contributed by atoms with Crippen LogP contribution in [-0.2, 0) is 11.2 Å². The number of amides is 1. The average molecular weight is 612 g/mol. The van der Waals surface area contributed by atoms with Crippen LogP contribution in [0.2, 0.25) is 10.0 Å². The van der Waals surface area contributed by atoms with Crippen molar-refractivity contribution in [1.82, 2.24) is 24.1 Å². The Morgan fingerprint density at radius 1 is 1.02 bits per heavy atom. The molecule has 2 aromatic carbocycles. The first-order valence-electron chi connectivity index (χ1n) is 13.0. The monoisotopic (exact) mass is 610 g/mol. The van der Waals surface area contributed by atoms with Crippen LogP contribution in [0.25, 0.3) is 21.9 Å². The largest absolute Gasteiger partial charge is 0.366 e. The fourth-order valence-electron chi connectivity index (χ4n) is 5.17. The van der Waals surface area contributed by atoms with Gasteiger partial charge in [0.05, 0.1) is 39.1 Å². The number of anilines is 1. The molecule has 0 saturated carbocycles. The summed E-state index contributed by atoms with van der Waals surface area (Å²) in [5, 5.41) is 7.34. The minimum atomic E-state index is -0.278. The normalized spacial score (nSPS) is 13.8. The second kappa shape index (κ2) is 10.9. The van der Waals surface area contributed by atoms with Crippen molar-refractivity contribution in [2.75, 3.05) is 31.1 Å². The zero-order chi connectivity index (χ0) is 28.8. The first-order chi connectivity index (χ1) is 19.7. The van der Waals surface area contributed by atoms with Crippen LogP contribution in [0.3, 0.4) is 0 Å². The molecule has 4 heterocycles. The summed E-state index contributed by atoms with van der Waals surface area (Å²) in [7, 11) is 0. The van der Waals surface area contributed by atoms with Crippen LogP contribution in [0.4, 0.5) is 10.1 Å². The van der Waals surface area contributed by atoms with Crippen LogP contribution in [0.15, 0.2) is 58.7 Å². The molecule has 0 atom stereocenters. The van der Waals surface area contributed by atoms with Crippen molar-refractivity contribution in [2.45, 2.75) is 20.3 Å². The molecular weight excluding hydrogens is 586 g/mol. The molecule has 6 rings (SSSR count). The maximum absolute atomic E-state index is 14.2. The summed E-state index contributed by atoms with van der Waals surface area (Å²) in [5.74, 6) is -0.362. The van der Waals surface area contributed by atoms with Crippen molar-refractivity contribution in [3.05, 3.63) is 97.2 Å². The van der Waals surface area contributed by atoms with Gasteiger partial charge in [0.2, 0.25) is 5.91 Å². The summed E-state index contributed by atoms with van der Waals surface area (Å²) in [6.45, 7) is 5.67. The van der Waals surface area contributed by atoms with E-state index in [0.29, 0.717) is 75.2 Å². The minimum absolute atomic E-state index is 0.0561. The molecule has 1 aliphatic rings. The molecule has 1 fully saturated rings.